The average molecular weight is 326 g/mol. The fourth-order valence-electron chi connectivity index (χ4n) is 1.73. The summed E-state index contributed by atoms with van der Waals surface area (Å²) in [5.74, 6) is 0.460. The topological polar surface area (TPSA) is 46.6 Å². The number of anilines is 1. The zero-order chi connectivity index (χ0) is 14.2. The highest BCUT2D eigenvalue weighted by Gasteiger charge is 2.31. The summed E-state index contributed by atoms with van der Waals surface area (Å²) in [7, 11) is 0. The minimum Gasteiger partial charge on any atom is -0.482 e. The van der Waals surface area contributed by atoms with Crippen LogP contribution in [0.4, 0.5) is 5.69 Å². The molecule has 0 spiro atoms. The van der Waals surface area contributed by atoms with Gasteiger partial charge in [0.25, 0.3) is 5.91 Å². The highest BCUT2D eigenvalue weighted by molar-refractivity contribution is 9.10. The minimum atomic E-state index is -0.467. The number of carbonyl (C=O) groups excluding carboxylic acids is 2. The Balaban J connectivity index is 2.33. The fraction of sp³-hybridized carbons (Fsp3) is 0.429. The number of hydrogen-bond donors (Lipinski definition) is 0. The molecule has 5 heteroatoms. The molecule has 1 heterocycles. The van der Waals surface area contributed by atoms with Crippen molar-refractivity contribution in [3.05, 3.63) is 22.7 Å². The van der Waals surface area contributed by atoms with Crippen LogP contribution in [-0.4, -0.2) is 24.8 Å². The first kappa shape index (κ1) is 14.1. The number of ether oxygens (including phenoxy) is 1. The van der Waals surface area contributed by atoms with Gasteiger partial charge in [-0.1, -0.05) is 36.7 Å². The van der Waals surface area contributed by atoms with Gasteiger partial charge in [0.15, 0.2) is 12.4 Å². The Morgan fingerprint density at radius 3 is 2.74 bits per heavy atom. The van der Waals surface area contributed by atoms with Crippen LogP contribution in [0, 0.1) is 5.41 Å². The van der Waals surface area contributed by atoms with Gasteiger partial charge in [-0.15, -0.1) is 0 Å². The number of benzene rings is 1. The van der Waals surface area contributed by atoms with Crippen molar-refractivity contribution in [1.82, 2.24) is 0 Å². The molecule has 0 aliphatic carbocycles. The fourth-order valence-corrected chi connectivity index (χ4v) is 2.08. The van der Waals surface area contributed by atoms with Crippen LogP contribution in [0.3, 0.4) is 0 Å². The largest absolute Gasteiger partial charge is 0.482 e. The van der Waals surface area contributed by atoms with Gasteiger partial charge in [0.1, 0.15) is 5.75 Å². The second-order valence-corrected chi connectivity index (χ2v) is 6.47. The summed E-state index contributed by atoms with van der Waals surface area (Å²) in [6, 6.07) is 5.43. The summed E-state index contributed by atoms with van der Waals surface area (Å²) in [4.78, 5) is 25.6. The predicted octanol–water partition coefficient (Wildman–Crippen LogP) is 2.79. The Hall–Kier alpha value is -1.36. The molecule has 1 amide bonds. The SMILES string of the molecule is CC(C)(C)C(=O)CN1C(=O)COc2ccc(Br)cc21. The Morgan fingerprint density at radius 1 is 1.42 bits per heavy atom. The molecule has 1 aliphatic heterocycles. The van der Waals surface area contributed by atoms with Gasteiger partial charge in [-0.05, 0) is 18.2 Å². The van der Waals surface area contributed by atoms with Gasteiger partial charge < -0.3 is 4.74 Å². The number of nitrogens with zero attached hydrogens (tertiary/aromatic N) is 1. The standard InChI is InChI=1S/C14H16BrNO3/c1-14(2,3)12(17)7-16-10-6-9(15)4-5-11(10)19-8-13(16)18/h4-6H,7-8H2,1-3H3. The average Bonchev–Trinajstić information content (AvgIpc) is 2.31. The van der Waals surface area contributed by atoms with Crippen LogP contribution in [0.2, 0.25) is 0 Å². The molecule has 2 rings (SSSR count). The van der Waals surface area contributed by atoms with Gasteiger partial charge in [-0.2, -0.15) is 0 Å². The molecule has 0 unspecified atom stereocenters. The smallest absolute Gasteiger partial charge is 0.265 e. The van der Waals surface area contributed by atoms with E-state index in [9.17, 15) is 9.59 Å². The molecule has 1 aromatic rings. The maximum atomic E-state index is 12.1. The van der Waals surface area contributed by atoms with E-state index in [-0.39, 0.29) is 24.8 Å². The number of carbonyl (C=O) groups is 2. The molecule has 0 bridgehead atoms. The summed E-state index contributed by atoms with van der Waals surface area (Å²) >= 11 is 3.37. The van der Waals surface area contributed by atoms with Crippen molar-refractivity contribution in [3.63, 3.8) is 0 Å². The molecule has 0 saturated carbocycles. The zero-order valence-electron chi connectivity index (χ0n) is 11.2. The highest BCUT2D eigenvalue weighted by atomic mass is 79.9. The maximum absolute atomic E-state index is 12.1. The van der Waals surface area contributed by atoms with E-state index in [1.165, 1.54) is 4.90 Å². The molecule has 1 aromatic carbocycles. The number of fused-ring (bicyclic) bond motifs is 1. The van der Waals surface area contributed by atoms with Crippen molar-refractivity contribution < 1.29 is 14.3 Å². The lowest BCUT2D eigenvalue weighted by Gasteiger charge is -2.31. The Labute approximate surface area is 120 Å². The quantitative estimate of drug-likeness (QED) is 0.840. The van der Waals surface area contributed by atoms with Crippen LogP contribution in [0.1, 0.15) is 20.8 Å². The Kier molecular flexibility index (Phi) is 3.67. The van der Waals surface area contributed by atoms with Gasteiger partial charge >= 0.3 is 0 Å². The number of Topliss-reactive ketones (excluding diaryl/α,β-unsaturated/α-hetero) is 1. The number of amides is 1. The number of rotatable bonds is 2. The van der Waals surface area contributed by atoms with E-state index >= 15 is 0 Å². The van der Waals surface area contributed by atoms with Crippen molar-refractivity contribution in [2.75, 3.05) is 18.1 Å². The molecule has 0 aromatic heterocycles. The highest BCUT2D eigenvalue weighted by Crippen LogP contribution is 2.35. The van der Waals surface area contributed by atoms with E-state index in [1.807, 2.05) is 26.8 Å². The van der Waals surface area contributed by atoms with Crippen molar-refractivity contribution in [1.29, 1.82) is 0 Å². The summed E-state index contributed by atoms with van der Waals surface area (Å²) in [6.45, 7) is 5.60. The lowest BCUT2D eigenvalue weighted by Crippen LogP contribution is -2.44. The molecule has 19 heavy (non-hydrogen) atoms. The van der Waals surface area contributed by atoms with E-state index < -0.39 is 5.41 Å². The van der Waals surface area contributed by atoms with Crippen LogP contribution in [0.15, 0.2) is 22.7 Å². The Bertz CT molecular complexity index is 534. The van der Waals surface area contributed by atoms with E-state index in [0.717, 1.165) is 4.47 Å². The number of halogens is 1. The van der Waals surface area contributed by atoms with E-state index in [2.05, 4.69) is 15.9 Å². The molecule has 102 valence electrons. The first-order valence-electron chi connectivity index (χ1n) is 6.05. The summed E-state index contributed by atoms with van der Waals surface area (Å²) < 4.78 is 6.21. The minimum absolute atomic E-state index is 0.0218. The normalized spacial score (nSPS) is 14.9. The predicted molar refractivity (Wildman–Crippen MR) is 76.5 cm³/mol. The second-order valence-electron chi connectivity index (χ2n) is 5.55. The lowest BCUT2D eigenvalue weighted by molar-refractivity contribution is -0.128. The molecule has 1 aliphatic rings. The molecule has 4 nitrogen and oxygen atoms in total. The van der Waals surface area contributed by atoms with Crippen LogP contribution in [0.25, 0.3) is 0 Å². The van der Waals surface area contributed by atoms with E-state index in [0.29, 0.717) is 11.4 Å². The van der Waals surface area contributed by atoms with Crippen molar-refractivity contribution in [2.24, 2.45) is 5.41 Å². The van der Waals surface area contributed by atoms with Crippen LogP contribution in [-0.2, 0) is 9.59 Å². The van der Waals surface area contributed by atoms with Crippen molar-refractivity contribution >= 4 is 33.3 Å². The third-order valence-electron chi connectivity index (χ3n) is 3.00. The van der Waals surface area contributed by atoms with Crippen molar-refractivity contribution in [3.8, 4) is 5.75 Å². The van der Waals surface area contributed by atoms with Gasteiger partial charge in [-0.3, -0.25) is 14.5 Å². The third kappa shape index (κ3) is 2.97. The maximum Gasteiger partial charge on any atom is 0.265 e. The summed E-state index contributed by atoms with van der Waals surface area (Å²) in [6.07, 6.45) is 0. The molecule has 0 radical (unpaired) electrons. The lowest BCUT2D eigenvalue weighted by atomic mass is 9.90. The van der Waals surface area contributed by atoms with Crippen molar-refractivity contribution in [2.45, 2.75) is 20.8 Å². The van der Waals surface area contributed by atoms with E-state index in [1.54, 1.807) is 12.1 Å². The van der Waals surface area contributed by atoms with E-state index in [4.69, 9.17) is 4.74 Å². The monoisotopic (exact) mass is 325 g/mol. The molecule has 0 saturated heterocycles. The molecular formula is C14H16BrNO3. The zero-order valence-corrected chi connectivity index (χ0v) is 12.8. The van der Waals surface area contributed by atoms with Gasteiger partial charge in [-0.25, -0.2) is 0 Å². The first-order chi connectivity index (χ1) is 8.79. The van der Waals surface area contributed by atoms with Crippen LogP contribution >= 0.6 is 15.9 Å². The Morgan fingerprint density at radius 2 is 2.11 bits per heavy atom. The first-order valence-corrected chi connectivity index (χ1v) is 6.84. The molecule has 0 atom stereocenters. The second kappa shape index (κ2) is 4.96. The molecular weight excluding hydrogens is 310 g/mol. The van der Waals surface area contributed by atoms with Crippen LogP contribution in [0.5, 0.6) is 5.75 Å². The molecule has 0 N–H and O–H groups in total. The third-order valence-corrected chi connectivity index (χ3v) is 3.50. The number of hydrogen-bond acceptors (Lipinski definition) is 3. The summed E-state index contributed by atoms with van der Waals surface area (Å²) in [5.41, 5.74) is 0.174. The number of ketones is 1. The van der Waals surface area contributed by atoms with Gasteiger partial charge in [0.2, 0.25) is 0 Å². The van der Waals surface area contributed by atoms with Gasteiger partial charge in [0, 0.05) is 9.89 Å². The van der Waals surface area contributed by atoms with Gasteiger partial charge in [0.05, 0.1) is 12.2 Å². The van der Waals surface area contributed by atoms with Crippen LogP contribution < -0.4 is 9.64 Å². The summed E-state index contributed by atoms with van der Waals surface area (Å²) in [5, 5.41) is 0. The molecule has 0 fully saturated rings.